The molecule has 5 heteroatoms. The highest BCUT2D eigenvalue weighted by molar-refractivity contribution is 5.41. The number of hydrogen-bond donors (Lipinski definition) is 0. The largest absolute Gasteiger partial charge is 0.378 e. The summed E-state index contributed by atoms with van der Waals surface area (Å²) in [5.41, 5.74) is 1.44. The standard InChI is InChI=1S/C21H34N4O/c1-26-14-19-12-20(23-17-22-19)25-11-9-21(16-25)8-5-10-24(15-21)13-18-6-3-2-4-7-18/h12,17-18H,2-11,13-16H2,1H3/t21-/m0/s1. The molecular formula is C21H34N4O. The Kier molecular flexibility index (Phi) is 5.75. The lowest BCUT2D eigenvalue weighted by Gasteiger charge is -2.42. The van der Waals surface area contributed by atoms with Crippen LogP contribution in [0, 0.1) is 11.3 Å². The number of aromatic nitrogens is 2. The van der Waals surface area contributed by atoms with Crippen molar-refractivity contribution < 1.29 is 4.74 Å². The monoisotopic (exact) mass is 358 g/mol. The van der Waals surface area contributed by atoms with Crippen molar-refractivity contribution in [2.45, 2.75) is 58.0 Å². The fraction of sp³-hybridized carbons (Fsp3) is 0.810. The molecular weight excluding hydrogens is 324 g/mol. The fourth-order valence-electron chi connectivity index (χ4n) is 5.45. The summed E-state index contributed by atoms with van der Waals surface area (Å²) in [6, 6.07) is 2.10. The maximum Gasteiger partial charge on any atom is 0.132 e. The van der Waals surface area contributed by atoms with Crippen LogP contribution in [0.25, 0.3) is 0 Å². The van der Waals surface area contributed by atoms with Gasteiger partial charge in [-0.2, -0.15) is 0 Å². The van der Waals surface area contributed by atoms with E-state index in [0.717, 1.165) is 30.5 Å². The summed E-state index contributed by atoms with van der Waals surface area (Å²) in [7, 11) is 1.72. The molecule has 1 spiro atoms. The summed E-state index contributed by atoms with van der Waals surface area (Å²) in [4.78, 5) is 14.1. The molecule has 0 bridgehead atoms. The van der Waals surface area contributed by atoms with Gasteiger partial charge < -0.3 is 14.5 Å². The number of nitrogens with zero attached hydrogens (tertiary/aromatic N) is 4. The van der Waals surface area contributed by atoms with Crippen LogP contribution in [0.3, 0.4) is 0 Å². The van der Waals surface area contributed by atoms with E-state index in [1.54, 1.807) is 13.4 Å². The molecule has 26 heavy (non-hydrogen) atoms. The van der Waals surface area contributed by atoms with E-state index in [9.17, 15) is 0 Å². The highest BCUT2D eigenvalue weighted by Gasteiger charge is 2.42. The predicted octanol–water partition coefficient (Wildman–Crippen LogP) is 3.50. The first-order valence-electron chi connectivity index (χ1n) is 10.5. The van der Waals surface area contributed by atoms with Gasteiger partial charge in [0, 0.05) is 44.8 Å². The second kappa shape index (κ2) is 8.22. The summed E-state index contributed by atoms with van der Waals surface area (Å²) in [6.07, 6.45) is 13.0. The van der Waals surface area contributed by atoms with Crippen LogP contribution in [-0.2, 0) is 11.3 Å². The Hall–Kier alpha value is -1.20. The van der Waals surface area contributed by atoms with Gasteiger partial charge >= 0.3 is 0 Å². The zero-order chi connectivity index (χ0) is 17.8. The molecule has 3 fully saturated rings. The first-order chi connectivity index (χ1) is 12.8. The lowest BCUT2D eigenvalue weighted by molar-refractivity contribution is 0.0838. The zero-order valence-electron chi connectivity index (χ0n) is 16.3. The van der Waals surface area contributed by atoms with Crippen molar-refractivity contribution in [3.05, 3.63) is 18.1 Å². The van der Waals surface area contributed by atoms with Crippen molar-refractivity contribution in [2.75, 3.05) is 44.7 Å². The lowest BCUT2D eigenvalue weighted by atomic mass is 9.78. The smallest absolute Gasteiger partial charge is 0.132 e. The molecule has 3 aliphatic rings. The third kappa shape index (κ3) is 4.20. The zero-order valence-corrected chi connectivity index (χ0v) is 16.3. The molecule has 3 heterocycles. The van der Waals surface area contributed by atoms with Crippen molar-refractivity contribution >= 4 is 5.82 Å². The predicted molar refractivity (Wildman–Crippen MR) is 104 cm³/mol. The van der Waals surface area contributed by atoms with E-state index in [2.05, 4.69) is 25.8 Å². The van der Waals surface area contributed by atoms with Crippen molar-refractivity contribution in [1.82, 2.24) is 14.9 Å². The topological polar surface area (TPSA) is 41.5 Å². The fourth-order valence-corrected chi connectivity index (χ4v) is 5.45. The third-order valence-electron chi connectivity index (χ3n) is 6.75. The average molecular weight is 359 g/mol. The summed E-state index contributed by atoms with van der Waals surface area (Å²) >= 11 is 0. The van der Waals surface area contributed by atoms with Gasteiger partial charge in [-0.3, -0.25) is 0 Å². The number of ether oxygens (including phenoxy) is 1. The van der Waals surface area contributed by atoms with E-state index in [-0.39, 0.29) is 0 Å². The van der Waals surface area contributed by atoms with Crippen LogP contribution in [0.5, 0.6) is 0 Å². The summed E-state index contributed by atoms with van der Waals surface area (Å²) in [6.45, 7) is 6.77. The molecule has 0 radical (unpaired) electrons. The molecule has 5 nitrogen and oxygen atoms in total. The summed E-state index contributed by atoms with van der Waals surface area (Å²) in [5, 5.41) is 0. The molecule has 4 rings (SSSR count). The van der Waals surface area contributed by atoms with Crippen molar-refractivity contribution in [3.63, 3.8) is 0 Å². The summed E-state index contributed by atoms with van der Waals surface area (Å²) < 4.78 is 5.23. The maximum absolute atomic E-state index is 5.23. The second-order valence-corrected chi connectivity index (χ2v) is 8.81. The summed E-state index contributed by atoms with van der Waals surface area (Å²) in [5.74, 6) is 2.03. The van der Waals surface area contributed by atoms with Crippen LogP contribution in [-0.4, -0.2) is 54.7 Å². The van der Waals surface area contributed by atoms with Gasteiger partial charge in [-0.15, -0.1) is 0 Å². The van der Waals surface area contributed by atoms with Gasteiger partial charge in [-0.05, 0) is 44.6 Å². The number of piperidine rings is 1. The molecule has 0 aromatic carbocycles. The minimum Gasteiger partial charge on any atom is -0.378 e. The normalized spacial score (nSPS) is 28.1. The SMILES string of the molecule is COCc1cc(N2CC[C@]3(CCCN(CC4CCCCC4)C3)C2)ncn1. The third-order valence-corrected chi connectivity index (χ3v) is 6.75. The van der Waals surface area contributed by atoms with Gasteiger partial charge in [0.15, 0.2) is 0 Å². The van der Waals surface area contributed by atoms with Gasteiger partial charge in [0.05, 0.1) is 12.3 Å². The Morgan fingerprint density at radius 2 is 1.96 bits per heavy atom. The second-order valence-electron chi connectivity index (χ2n) is 8.81. The van der Waals surface area contributed by atoms with E-state index >= 15 is 0 Å². The molecule has 0 N–H and O–H groups in total. The number of anilines is 1. The quantitative estimate of drug-likeness (QED) is 0.806. The maximum atomic E-state index is 5.23. The van der Waals surface area contributed by atoms with E-state index in [0.29, 0.717) is 12.0 Å². The first kappa shape index (κ1) is 18.2. The molecule has 1 aromatic rings. The van der Waals surface area contributed by atoms with E-state index in [1.807, 2.05) is 0 Å². The Morgan fingerprint density at radius 1 is 1.08 bits per heavy atom. The van der Waals surface area contributed by atoms with E-state index in [1.165, 1.54) is 71.0 Å². The van der Waals surface area contributed by atoms with Crippen LogP contribution in [0.4, 0.5) is 5.82 Å². The molecule has 0 unspecified atom stereocenters. The van der Waals surface area contributed by atoms with Gasteiger partial charge in [0.1, 0.15) is 12.1 Å². The molecule has 1 atom stereocenters. The van der Waals surface area contributed by atoms with E-state index in [4.69, 9.17) is 4.74 Å². The Morgan fingerprint density at radius 3 is 2.81 bits per heavy atom. The Bertz CT molecular complexity index is 589. The number of hydrogen-bond acceptors (Lipinski definition) is 5. The molecule has 144 valence electrons. The van der Waals surface area contributed by atoms with Crippen molar-refractivity contribution in [2.24, 2.45) is 11.3 Å². The lowest BCUT2D eigenvalue weighted by Crippen LogP contribution is -2.46. The van der Waals surface area contributed by atoms with Crippen LogP contribution in [0.1, 0.15) is 57.1 Å². The van der Waals surface area contributed by atoms with Crippen molar-refractivity contribution in [3.8, 4) is 0 Å². The van der Waals surface area contributed by atoms with Crippen LogP contribution in [0.2, 0.25) is 0 Å². The average Bonchev–Trinajstić information content (AvgIpc) is 3.06. The molecule has 0 amide bonds. The highest BCUT2D eigenvalue weighted by Crippen LogP contribution is 2.41. The minimum absolute atomic E-state index is 0.472. The van der Waals surface area contributed by atoms with Crippen LogP contribution < -0.4 is 4.90 Å². The molecule has 1 saturated carbocycles. The molecule has 1 aromatic heterocycles. The minimum atomic E-state index is 0.472. The Labute approximate surface area is 158 Å². The molecule has 1 aliphatic carbocycles. The first-order valence-corrected chi connectivity index (χ1v) is 10.5. The van der Waals surface area contributed by atoms with Crippen molar-refractivity contribution in [1.29, 1.82) is 0 Å². The van der Waals surface area contributed by atoms with Crippen LogP contribution in [0.15, 0.2) is 12.4 Å². The Balaban J connectivity index is 1.37. The van der Waals surface area contributed by atoms with Gasteiger partial charge in [-0.1, -0.05) is 19.3 Å². The number of likely N-dealkylation sites (tertiary alicyclic amines) is 1. The van der Waals surface area contributed by atoms with Gasteiger partial charge in [-0.25, -0.2) is 9.97 Å². The van der Waals surface area contributed by atoms with Crippen LogP contribution >= 0.6 is 0 Å². The van der Waals surface area contributed by atoms with Gasteiger partial charge in [0.2, 0.25) is 0 Å². The number of rotatable bonds is 5. The molecule has 2 saturated heterocycles. The highest BCUT2D eigenvalue weighted by atomic mass is 16.5. The van der Waals surface area contributed by atoms with Gasteiger partial charge in [0.25, 0.3) is 0 Å². The number of methoxy groups -OCH3 is 1. The molecule has 2 aliphatic heterocycles. The van der Waals surface area contributed by atoms with E-state index < -0.39 is 0 Å².